The van der Waals surface area contributed by atoms with E-state index in [2.05, 4.69) is 25.8 Å². The molecule has 0 amide bonds. The van der Waals surface area contributed by atoms with E-state index in [0.717, 1.165) is 15.7 Å². The summed E-state index contributed by atoms with van der Waals surface area (Å²) in [7, 11) is -1.85. The largest absolute Gasteiger partial charge is 0.276 e. The lowest BCUT2D eigenvalue weighted by molar-refractivity contribution is 0.600. The first kappa shape index (κ1) is 16.0. The van der Waals surface area contributed by atoms with Crippen LogP contribution in [0.25, 0.3) is 0 Å². The van der Waals surface area contributed by atoms with Gasteiger partial charge in [0.2, 0.25) is 0 Å². The summed E-state index contributed by atoms with van der Waals surface area (Å²) in [5.74, 6) is 0. The third-order valence-electron chi connectivity index (χ3n) is 3.49. The molecule has 1 aromatic heterocycles. The first-order valence-electron chi connectivity index (χ1n) is 6.43. The van der Waals surface area contributed by atoms with E-state index < -0.39 is 10.0 Å². The topological polar surface area (TPSA) is 64.0 Å². The molecule has 0 bridgehead atoms. The molecule has 5 nitrogen and oxygen atoms in total. The van der Waals surface area contributed by atoms with Crippen LogP contribution in [-0.4, -0.2) is 18.2 Å². The highest BCUT2D eigenvalue weighted by molar-refractivity contribution is 9.10. The number of hydrogen-bond donors (Lipinski definition) is 1. The summed E-state index contributed by atoms with van der Waals surface area (Å²) >= 11 is 3.41. The Morgan fingerprint density at radius 2 is 1.76 bits per heavy atom. The Hall–Kier alpha value is -1.34. The predicted octanol–water partition coefficient (Wildman–Crippen LogP) is 3.22. The molecule has 0 saturated carbocycles. The molecule has 0 aliphatic rings. The third-order valence-corrected chi connectivity index (χ3v) is 5.84. The molecule has 114 valence electrons. The molecular weight excluding hydrogens is 354 g/mol. The van der Waals surface area contributed by atoms with E-state index in [4.69, 9.17) is 0 Å². The van der Waals surface area contributed by atoms with Crippen LogP contribution in [0.4, 0.5) is 5.69 Å². The lowest BCUT2D eigenvalue weighted by atomic mass is 10.2. The summed E-state index contributed by atoms with van der Waals surface area (Å²) in [5.41, 5.74) is 3.55. The normalized spacial score (nSPS) is 11.7. The fraction of sp³-hybridized carbons (Fsp3) is 0.357. The maximum atomic E-state index is 12.6. The van der Waals surface area contributed by atoms with Gasteiger partial charge in [-0.25, -0.2) is 8.42 Å². The van der Waals surface area contributed by atoms with Crippen molar-refractivity contribution >= 4 is 31.6 Å². The maximum absolute atomic E-state index is 12.6. The van der Waals surface area contributed by atoms with Gasteiger partial charge in [-0.2, -0.15) is 5.10 Å². The molecule has 0 saturated heterocycles. The zero-order valence-corrected chi connectivity index (χ0v) is 15.1. The number of nitrogens with zero attached hydrogens (tertiary/aromatic N) is 2. The summed E-state index contributed by atoms with van der Waals surface area (Å²) in [4.78, 5) is 0.283. The van der Waals surface area contributed by atoms with Crippen molar-refractivity contribution in [2.75, 3.05) is 4.72 Å². The minimum absolute atomic E-state index is 0.283. The van der Waals surface area contributed by atoms with Crippen LogP contribution < -0.4 is 4.72 Å². The highest BCUT2D eigenvalue weighted by Gasteiger charge is 2.21. The molecule has 0 aliphatic carbocycles. The zero-order chi connectivity index (χ0) is 15.9. The molecule has 0 fully saturated rings. The molecule has 2 rings (SSSR count). The Kier molecular flexibility index (Phi) is 4.17. The van der Waals surface area contributed by atoms with Crippen LogP contribution in [0.5, 0.6) is 0 Å². The molecule has 0 aliphatic heterocycles. The molecular formula is C14H18BrN3O2S. The van der Waals surface area contributed by atoms with Crippen LogP contribution in [0.2, 0.25) is 0 Å². The van der Waals surface area contributed by atoms with Crippen molar-refractivity contribution in [3.8, 4) is 0 Å². The van der Waals surface area contributed by atoms with Gasteiger partial charge >= 0.3 is 0 Å². The second-order valence-corrected chi connectivity index (χ2v) is 7.65. The second kappa shape index (κ2) is 5.46. The van der Waals surface area contributed by atoms with Gasteiger partial charge in [-0.05, 0) is 51.0 Å². The first-order chi connectivity index (χ1) is 9.63. The smallest absolute Gasteiger partial charge is 0.262 e. The fourth-order valence-electron chi connectivity index (χ4n) is 2.15. The Bertz CT molecular complexity index is 810. The molecule has 2 aromatic rings. The van der Waals surface area contributed by atoms with Gasteiger partial charge in [0.05, 0.1) is 22.0 Å². The number of hydrogen-bond acceptors (Lipinski definition) is 3. The van der Waals surface area contributed by atoms with E-state index in [9.17, 15) is 8.42 Å². The van der Waals surface area contributed by atoms with Gasteiger partial charge in [-0.1, -0.05) is 15.9 Å². The molecule has 1 N–H and O–H groups in total. The molecule has 0 atom stereocenters. The number of nitrogens with one attached hydrogen (secondary N) is 1. The standard InChI is InChI=1S/C14H18BrN3O2S/c1-8-7-13(9(2)6-12(8)15)21(19,20)17-14-10(3)16-18(5)11(14)4/h6-7,17H,1-5H3. The first-order valence-corrected chi connectivity index (χ1v) is 8.71. The van der Waals surface area contributed by atoms with E-state index in [-0.39, 0.29) is 4.90 Å². The number of benzene rings is 1. The minimum atomic E-state index is -3.64. The van der Waals surface area contributed by atoms with Crippen molar-refractivity contribution in [3.05, 3.63) is 39.1 Å². The van der Waals surface area contributed by atoms with Crippen molar-refractivity contribution < 1.29 is 8.42 Å². The second-order valence-electron chi connectivity index (χ2n) is 5.14. The van der Waals surface area contributed by atoms with Crippen LogP contribution in [0, 0.1) is 27.7 Å². The summed E-state index contributed by atoms with van der Waals surface area (Å²) in [6.07, 6.45) is 0. The minimum Gasteiger partial charge on any atom is -0.276 e. The van der Waals surface area contributed by atoms with Gasteiger partial charge in [0.15, 0.2) is 0 Å². The lowest BCUT2D eigenvalue weighted by Crippen LogP contribution is -2.15. The third kappa shape index (κ3) is 2.98. The molecule has 0 radical (unpaired) electrons. The Balaban J connectivity index is 2.51. The lowest BCUT2D eigenvalue weighted by Gasteiger charge is -2.12. The van der Waals surface area contributed by atoms with Crippen LogP contribution in [0.15, 0.2) is 21.5 Å². The summed E-state index contributed by atoms with van der Waals surface area (Å²) < 4.78 is 30.5. The Morgan fingerprint density at radius 3 is 2.29 bits per heavy atom. The molecule has 1 heterocycles. The van der Waals surface area contributed by atoms with Gasteiger partial charge in [-0.3, -0.25) is 9.40 Å². The average Bonchev–Trinajstić information content (AvgIpc) is 2.60. The van der Waals surface area contributed by atoms with Gasteiger partial charge in [0, 0.05) is 11.5 Å². The van der Waals surface area contributed by atoms with Crippen LogP contribution in [0.3, 0.4) is 0 Å². The number of aromatic nitrogens is 2. The molecule has 1 aromatic carbocycles. The van der Waals surface area contributed by atoms with E-state index in [1.807, 2.05) is 19.9 Å². The van der Waals surface area contributed by atoms with Crippen molar-refractivity contribution in [2.45, 2.75) is 32.6 Å². The molecule has 21 heavy (non-hydrogen) atoms. The van der Waals surface area contributed by atoms with Crippen molar-refractivity contribution in [1.29, 1.82) is 0 Å². The highest BCUT2D eigenvalue weighted by Crippen LogP contribution is 2.27. The van der Waals surface area contributed by atoms with Crippen LogP contribution >= 0.6 is 15.9 Å². The van der Waals surface area contributed by atoms with E-state index in [1.54, 1.807) is 31.6 Å². The van der Waals surface area contributed by atoms with Gasteiger partial charge < -0.3 is 0 Å². The Morgan fingerprint density at radius 1 is 1.14 bits per heavy atom. The molecule has 7 heteroatoms. The number of sulfonamides is 1. The van der Waals surface area contributed by atoms with E-state index >= 15 is 0 Å². The van der Waals surface area contributed by atoms with Crippen LogP contribution in [-0.2, 0) is 17.1 Å². The number of rotatable bonds is 3. The SMILES string of the molecule is Cc1cc(S(=O)(=O)Nc2c(C)nn(C)c2C)c(C)cc1Br. The monoisotopic (exact) mass is 371 g/mol. The van der Waals surface area contributed by atoms with Gasteiger partial charge in [-0.15, -0.1) is 0 Å². The summed E-state index contributed by atoms with van der Waals surface area (Å²) in [5, 5.41) is 4.22. The zero-order valence-electron chi connectivity index (χ0n) is 12.7. The maximum Gasteiger partial charge on any atom is 0.262 e. The van der Waals surface area contributed by atoms with Gasteiger partial charge in [0.25, 0.3) is 10.0 Å². The molecule has 0 unspecified atom stereocenters. The number of anilines is 1. The van der Waals surface area contributed by atoms with Gasteiger partial charge in [0.1, 0.15) is 0 Å². The quantitative estimate of drug-likeness (QED) is 0.900. The summed E-state index contributed by atoms with van der Waals surface area (Å²) in [6.45, 7) is 7.26. The van der Waals surface area contributed by atoms with Crippen LogP contribution in [0.1, 0.15) is 22.5 Å². The fourth-order valence-corrected chi connectivity index (χ4v) is 4.10. The van der Waals surface area contributed by atoms with E-state index in [1.165, 1.54) is 0 Å². The predicted molar refractivity (Wildman–Crippen MR) is 87.1 cm³/mol. The molecule has 0 spiro atoms. The summed E-state index contributed by atoms with van der Waals surface area (Å²) in [6, 6.07) is 3.48. The highest BCUT2D eigenvalue weighted by atomic mass is 79.9. The van der Waals surface area contributed by atoms with Crippen molar-refractivity contribution in [2.24, 2.45) is 7.05 Å². The van der Waals surface area contributed by atoms with Crippen molar-refractivity contribution in [3.63, 3.8) is 0 Å². The average molecular weight is 372 g/mol. The number of aryl methyl sites for hydroxylation is 4. The number of halogens is 1. The Labute approximate surface area is 133 Å². The van der Waals surface area contributed by atoms with E-state index in [0.29, 0.717) is 16.9 Å². The van der Waals surface area contributed by atoms with Crippen molar-refractivity contribution in [1.82, 2.24) is 9.78 Å².